The van der Waals surface area contributed by atoms with Gasteiger partial charge in [-0.15, -0.1) is 0 Å². The summed E-state index contributed by atoms with van der Waals surface area (Å²) in [6, 6.07) is 1.57. The van der Waals surface area contributed by atoms with Gasteiger partial charge in [0.1, 0.15) is 0 Å². The fourth-order valence-electron chi connectivity index (χ4n) is 4.42. The first-order valence-electron chi connectivity index (χ1n) is 9.14. The first-order valence-corrected chi connectivity index (χ1v) is 9.14. The lowest BCUT2D eigenvalue weighted by atomic mass is 9.94. The van der Waals surface area contributed by atoms with Crippen molar-refractivity contribution < 1.29 is 4.74 Å². The molecule has 2 heterocycles. The molecule has 1 saturated carbocycles. The van der Waals surface area contributed by atoms with E-state index in [1.54, 1.807) is 0 Å². The summed E-state index contributed by atoms with van der Waals surface area (Å²) in [5.74, 6) is 0.678. The van der Waals surface area contributed by atoms with Gasteiger partial charge < -0.3 is 15.0 Å². The normalized spacial score (nSPS) is 33.6. The predicted octanol–water partition coefficient (Wildman–Crippen LogP) is 1.56. The van der Waals surface area contributed by atoms with E-state index in [2.05, 4.69) is 22.0 Å². The Morgan fingerprint density at radius 1 is 1.05 bits per heavy atom. The van der Waals surface area contributed by atoms with Crippen LogP contribution in [0.4, 0.5) is 0 Å². The predicted molar refractivity (Wildman–Crippen MR) is 86.7 cm³/mol. The van der Waals surface area contributed by atoms with Gasteiger partial charge in [0.05, 0.1) is 6.61 Å². The molecule has 122 valence electrons. The van der Waals surface area contributed by atoms with Crippen LogP contribution in [0.2, 0.25) is 0 Å². The summed E-state index contributed by atoms with van der Waals surface area (Å²) in [5, 5.41) is 3.66. The third-order valence-electron chi connectivity index (χ3n) is 5.68. The molecule has 0 aromatic carbocycles. The molecule has 0 amide bonds. The first-order chi connectivity index (χ1) is 10.4. The second kappa shape index (κ2) is 7.91. The molecule has 2 unspecified atom stereocenters. The van der Waals surface area contributed by atoms with E-state index in [4.69, 9.17) is 4.74 Å². The molecule has 21 heavy (non-hydrogen) atoms. The smallest absolute Gasteiger partial charge is 0.0521 e. The zero-order valence-corrected chi connectivity index (χ0v) is 13.7. The zero-order valence-electron chi connectivity index (χ0n) is 13.7. The average Bonchev–Trinajstić information content (AvgIpc) is 3.05. The molecule has 0 aromatic rings. The second-order valence-electron chi connectivity index (χ2n) is 7.06. The molecule has 3 aliphatic rings. The molecule has 3 fully saturated rings. The number of ether oxygens (including phenoxy) is 1. The van der Waals surface area contributed by atoms with Crippen molar-refractivity contribution in [2.24, 2.45) is 5.92 Å². The summed E-state index contributed by atoms with van der Waals surface area (Å²) in [5.41, 5.74) is 0. The van der Waals surface area contributed by atoms with Crippen molar-refractivity contribution in [3.05, 3.63) is 0 Å². The van der Waals surface area contributed by atoms with Gasteiger partial charge in [0.25, 0.3) is 0 Å². The maximum Gasteiger partial charge on any atom is 0.0521 e. The Labute approximate surface area is 130 Å². The molecule has 0 bridgehead atoms. The quantitative estimate of drug-likeness (QED) is 0.833. The van der Waals surface area contributed by atoms with Gasteiger partial charge in [-0.25, -0.2) is 0 Å². The Morgan fingerprint density at radius 3 is 2.52 bits per heavy atom. The lowest BCUT2D eigenvalue weighted by molar-refractivity contribution is 0.00605. The van der Waals surface area contributed by atoms with Crippen LogP contribution in [0.25, 0.3) is 0 Å². The van der Waals surface area contributed by atoms with Gasteiger partial charge >= 0.3 is 0 Å². The third-order valence-corrected chi connectivity index (χ3v) is 5.68. The lowest BCUT2D eigenvalue weighted by Gasteiger charge is -2.41. The van der Waals surface area contributed by atoms with Gasteiger partial charge in [-0.3, -0.25) is 4.90 Å². The molecule has 4 heteroatoms. The van der Waals surface area contributed by atoms with Crippen LogP contribution >= 0.6 is 0 Å². The van der Waals surface area contributed by atoms with Crippen LogP contribution in [0.3, 0.4) is 0 Å². The van der Waals surface area contributed by atoms with Gasteiger partial charge in [0, 0.05) is 57.3 Å². The Bertz CT molecular complexity index is 296. The molecule has 2 aliphatic heterocycles. The fraction of sp³-hybridized carbons (Fsp3) is 1.00. The SMILES string of the molecule is CCNC1CCOCC1CN1CCN(C2CCCC2)CC1. The third kappa shape index (κ3) is 4.19. The lowest BCUT2D eigenvalue weighted by Crippen LogP contribution is -2.53. The van der Waals surface area contributed by atoms with Crippen LogP contribution in [0.15, 0.2) is 0 Å². The van der Waals surface area contributed by atoms with E-state index in [1.165, 1.54) is 64.8 Å². The Kier molecular flexibility index (Phi) is 5.92. The highest BCUT2D eigenvalue weighted by molar-refractivity contribution is 4.86. The summed E-state index contributed by atoms with van der Waals surface area (Å²) < 4.78 is 5.73. The summed E-state index contributed by atoms with van der Waals surface area (Å²) >= 11 is 0. The van der Waals surface area contributed by atoms with Crippen LogP contribution in [0.1, 0.15) is 39.0 Å². The molecule has 4 nitrogen and oxygen atoms in total. The van der Waals surface area contributed by atoms with E-state index in [0.717, 1.165) is 25.8 Å². The maximum atomic E-state index is 5.73. The highest BCUT2D eigenvalue weighted by Crippen LogP contribution is 2.25. The van der Waals surface area contributed by atoms with Crippen molar-refractivity contribution in [2.45, 2.75) is 51.1 Å². The molecular formula is C17H33N3O. The van der Waals surface area contributed by atoms with Gasteiger partial charge in [0.15, 0.2) is 0 Å². The molecule has 1 aliphatic carbocycles. The average molecular weight is 295 g/mol. The molecule has 3 rings (SSSR count). The van der Waals surface area contributed by atoms with Crippen LogP contribution in [0.5, 0.6) is 0 Å². The van der Waals surface area contributed by atoms with Crippen LogP contribution in [-0.4, -0.2) is 74.4 Å². The number of piperazine rings is 1. The fourth-order valence-corrected chi connectivity index (χ4v) is 4.42. The number of nitrogens with one attached hydrogen (secondary N) is 1. The largest absolute Gasteiger partial charge is 0.381 e. The number of rotatable bonds is 5. The molecule has 1 N–H and O–H groups in total. The summed E-state index contributed by atoms with van der Waals surface area (Å²) in [4.78, 5) is 5.43. The van der Waals surface area contributed by atoms with E-state index in [-0.39, 0.29) is 0 Å². The van der Waals surface area contributed by atoms with Gasteiger partial charge in [0.2, 0.25) is 0 Å². The Balaban J connectivity index is 1.43. The van der Waals surface area contributed by atoms with Gasteiger partial charge in [-0.05, 0) is 25.8 Å². The first kappa shape index (κ1) is 15.7. The van der Waals surface area contributed by atoms with Crippen molar-refractivity contribution in [3.63, 3.8) is 0 Å². The van der Waals surface area contributed by atoms with Crippen LogP contribution < -0.4 is 5.32 Å². The maximum absolute atomic E-state index is 5.73. The highest BCUT2D eigenvalue weighted by atomic mass is 16.5. The van der Waals surface area contributed by atoms with Gasteiger partial charge in [-0.1, -0.05) is 19.8 Å². The molecule has 2 saturated heterocycles. The Morgan fingerprint density at radius 2 is 1.81 bits per heavy atom. The minimum atomic E-state index is 0.664. The second-order valence-corrected chi connectivity index (χ2v) is 7.06. The number of nitrogens with zero attached hydrogens (tertiary/aromatic N) is 2. The molecule has 0 spiro atoms. The van der Waals surface area contributed by atoms with E-state index < -0.39 is 0 Å². The van der Waals surface area contributed by atoms with E-state index in [1.807, 2.05) is 0 Å². The van der Waals surface area contributed by atoms with Crippen molar-refractivity contribution in [3.8, 4) is 0 Å². The molecule has 2 atom stereocenters. The Hall–Kier alpha value is -0.160. The van der Waals surface area contributed by atoms with E-state index in [0.29, 0.717) is 12.0 Å². The minimum Gasteiger partial charge on any atom is -0.381 e. The van der Waals surface area contributed by atoms with Crippen LogP contribution in [-0.2, 0) is 4.74 Å². The van der Waals surface area contributed by atoms with Crippen molar-refractivity contribution in [1.82, 2.24) is 15.1 Å². The summed E-state index contributed by atoms with van der Waals surface area (Å²) in [6.45, 7) is 11.5. The monoisotopic (exact) mass is 295 g/mol. The summed E-state index contributed by atoms with van der Waals surface area (Å²) in [7, 11) is 0. The summed E-state index contributed by atoms with van der Waals surface area (Å²) in [6.07, 6.45) is 6.97. The van der Waals surface area contributed by atoms with Crippen molar-refractivity contribution in [1.29, 1.82) is 0 Å². The topological polar surface area (TPSA) is 27.7 Å². The highest BCUT2D eigenvalue weighted by Gasteiger charge is 2.30. The van der Waals surface area contributed by atoms with E-state index >= 15 is 0 Å². The zero-order chi connectivity index (χ0) is 14.5. The molecular weight excluding hydrogens is 262 g/mol. The van der Waals surface area contributed by atoms with Crippen molar-refractivity contribution in [2.75, 3.05) is 52.5 Å². The molecule has 0 aromatic heterocycles. The number of hydrogen-bond donors (Lipinski definition) is 1. The number of hydrogen-bond acceptors (Lipinski definition) is 4. The van der Waals surface area contributed by atoms with Crippen LogP contribution in [0, 0.1) is 5.92 Å². The van der Waals surface area contributed by atoms with Crippen molar-refractivity contribution >= 4 is 0 Å². The molecule has 0 radical (unpaired) electrons. The van der Waals surface area contributed by atoms with E-state index in [9.17, 15) is 0 Å². The standard InChI is InChI=1S/C17H33N3O/c1-2-18-17-7-12-21-14-15(17)13-19-8-10-20(11-9-19)16-5-3-4-6-16/h15-18H,2-14H2,1H3. The minimum absolute atomic E-state index is 0.664. The van der Waals surface area contributed by atoms with Gasteiger partial charge in [-0.2, -0.15) is 0 Å².